The molecule has 128 valence electrons. The maximum Gasteiger partial charge on any atom is 0.410 e. The molecule has 0 spiro atoms. The summed E-state index contributed by atoms with van der Waals surface area (Å²) in [6.07, 6.45) is -0.246. The fourth-order valence-electron chi connectivity index (χ4n) is 2.78. The number of hydrogen-bond donors (Lipinski definition) is 1. The highest BCUT2D eigenvalue weighted by atomic mass is 16.6. The monoisotopic (exact) mass is 320 g/mol. The molecular weight excluding hydrogens is 292 g/mol. The molecule has 0 saturated carbocycles. The maximum atomic E-state index is 12.1. The number of aromatic nitrogens is 1. The van der Waals surface area contributed by atoms with Crippen LogP contribution in [0.3, 0.4) is 0 Å². The number of ether oxygens (including phenoxy) is 1. The molecule has 2 heterocycles. The van der Waals surface area contributed by atoms with Gasteiger partial charge >= 0.3 is 6.09 Å². The molecule has 0 atom stereocenters. The van der Waals surface area contributed by atoms with Gasteiger partial charge in [-0.15, -0.1) is 0 Å². The van der Waals surface area contributed by atoms with Crippen LogP contribution < -0.4 is 10.6 Å². The van der Waals surface area contributed by atoms with Crippen LogP contribution in [0.2, 0.25) is 0 Å². The fourth-order valence-corrected chi connectivity index (χ4v) is 2.78. The second kappa shape index (κ2) is 6.74. The normalized spacial score (nSPS) is 15.7. The number of pyridine rings is 1. The number of carbonyl (C=O) groups excluding carboxylic acids is 1. The van der Waals surface area contributed by atoms with Gasteiger partial charge in [0.2, 0.25) is 0 Å². The number of rotatable bonds is 2. The Balaban J connectivity index is 2.06. The van der Waals surface area contributed by atoms with E-state index in [0.29, 0.717) is 19.6 Å². The SMILES string of the molecule is Cc1cc(C)c(CN)c(N2CCN(C(=O)OC(C)(C)C)CC2)n1. The molecule has 1 aliphatic rings. The molecule has 1 amide bonds. The molecule has 1 aromatic rings. The van der Waals surface area contributed by atoms with E-state index in [4.69, 9.17) is 10.5 Å². The predicted molar refractivity (Wildman–Crippen MR) is 91.6 cm³/mol. The van der Waals surface area contributed by atoms with Gasteiger partial charge < -0.3 is 20.3 Å². The van der Waals surface area contributed by atoms with Crippen molar-refractivity contribution in [2.75, 3.05) is 31.1 Å². The van der Waals surface area contributed by atoms with Gasteiger partial charge in [-0.2, -0.15) is 0 Å². The van der Waals surface area contributed by atoms with Crippen molar-refractivity contribution in [1.29, 1.82) is 0 Å². The summed E-state index contributed by atoms with van der Waals surface area (Å²) in [7, 11) is 0. The second-order valence-corrected chi connectivity index (χ2v) is 7.04. The van der Waals surface area contributed by atoms with Crippen molar-refractivity contribution in [3.8, 4) is 0 Å². The second-order valence-electron chi connectivity index (χ2n) is 7.04. The van der Waals surface area contributed by atoms with E-state index in [1.54, 1.807) is 4.90 Å². The minimum Gasteiger partial charge on any atom is -0.444 e. The summed E-state index contributed by atoms with van der Waals surface area (Å²) in [6.45, 7) is 12.9. The van der Waals surface area contributed by atoms with E-state index < -0.39 is 5.60 Å². The smallest absolute Gasteiger partial charge is 0.410 e. The first-order valence-corrected chi connectivity index (χ1v) is 8.11. The minimum absolute atomic E-state index is 0.246. The van der Waals surface area contributed by atoms with Gasteiger partial charge in [-0.25, -0.2) is 9.78 Å². The molecule has 1 aliphatic heterocycles. The first-order valence-electron chi connectivity index (χ1n) is 8.11. The molecule has 0 unspecified atom stereocenters. The van der Waals surface area contributed by atoms with E-state index in [1.165, 1.54) is 5.56 Å². The van der Waals surface area contributed by atoms with Crippen LogP contribution in [0, 0.1) is 13.8 Å². The number of carbonyl (C=O) groups is 1. The Hall–Kier alpha value is -1.82. The van der Waals surface area contributed by atoms with Crippen molar-refractivity contribution in [2.45, 2.75) is 46.8 Å². The Kier molecular flexibility index (Phi) is 5.14. The van der Waals surface area contributed by atoms with Crippen molar-refractivity contribution >= 4 is 11.9 Å². The molecule has 0 bridgehead atoms. The van der Waals surface area contributed by atoms with E-state index in [0.717, 1.165) is 30.2 Å². The van der Waals surface area contributed by atoms with Crippen LogP contribution >= 0.6 is 0 Å². The quantitative estimate of drug-likeness (QED) is 0.904. The number of piperazine rings is 1. The van der Waals surface area contributed by atoms with E-state index in [-0.39, 0.29) is 6.09 Å². The molecule has 1 fully saturated rings. The number of nitrogens with zero attached hydrogens (tertiary/aromatic N) is 3. The maximum absolute atomic E-state index is 12.1. The number of hydrogen-bond acceptors (Lipinski definition) is 5. The lowest BCUT2D eigenvalue weighted by Crippen LogP contribution is -2.50. The van der Waals surface area contributed by atoms with Crippen LogP contribution in [0.5, 0.6) is 0 Å². The summed E-state index contributed by atoms with van der Waals surface area (Å²) >= 11 is 0. The molecule has 0 aliphatic carbocycles. The van der Waals surface area contributed by atoms with Crippen LogP contribution in [0.1, 0.15) is 37.6 Å². The summed E-state index contributed by atoms with van der Waals surface area (Å²) in [6, 6.07) is 2.06. The number of anilines is 1. The third kappa shape index (κ3) is 4.34. The van der Waals surface area contributed by atoms with Crippen LogP contribution in [0.15, 0.2) is 6.07 Å². The minimum atomic E-state index is -0.462. The van der Waals surface area contributed by atoms with Crippen LogP contribution in [0.4, 0.5) is 10.6 Å². The Bertz CT molecular complexity index is 573. The zero-order chi connectivity index (χ0) is 17.2. The highest BCUT2D eigenvalue weighted by Crippen LogP contribution is 2.23. The van der Waals surface area contributed by atoms with E-state index in [9.17, 15) is 4.79 Å². The van der Waals surface area contributed by atoms with Gasteiger partial charge in [0, 0.05) is 44.0 Å². The third-order valence-corrected chi connectivity index (χ3v) is 3.89. The first-order chi connectivity index (χ1) is 10.7. The molecule has 1 saturated heterocycles. The van der Waals surface area contributed by atoms with Crippen molar-refractivity contribution in [1.82, 2.24) is 9.88 Å². The molecule has 0 aromatic carbocycles. The molecule has 6 nitrogen and oxygen atoms in total. The van der Waals surface area contributed by atoms with E-state index in [1.807, 2.05) is 27.7 Å². The Morgan fingerprint density at radius 3 is 2.39 bits per heavy atom. The van der Waals surface area contributed by atoms with Gasteiger partial charge in [-0.05, 0) is 46.2 Å². The molecule has 0 radical (unpaired) electrons. The van der Waals surface area contributed by atoms with Crippen LogP contribution in [0.25, 0.3) is 0 Å². The van der Waals surface area contributed by atoms with Gasteiger partial charge in [-0.3, -0.25) is 0 Å². The van der Waals surface area contributed by atoms with Crippen LogP contribution in [-0.4, -0.2) is 47.8 Å². The average Bonchev–Trinajstić information content (AvgIpc) is 2.45. The van der Waals surface area contributed by atoms with Crippen LogP contribution in [-0.2, 0) is 11.3 Å². The molecule has 6 heteroatoms. The molecule has 2 N–H and O–H groups in total. The summed E-state index contributed by atoms with van der Waals surface area (Å²) in [4.78, 5) is 20.8. The van der Waals surface area contributed by atoms with Gasteiger partial charge in [0.15, 0.2) is 0 Å². The Morgan fingerprint density at radius 2 is 1.87 bits per heavy atom. The van der Waals surface area contributed by atoms with Gasteiger partial charge in [0.1, 0.15) is 11.4 Å². The molecule has 23 heavy (non-hydrogen) atoms. The summed E-state index contributed by atoms with van der Waals surface area (Å²) in [5, 5.41) is 0. The van der Waals surface area contributed by atoms with Crippen molar-refractivity contribution < 1.29 is 9.53 Å². The van der Waals surface area contributed by atoms with Gasteiger partial charge in [0.25, 0.3) is 0 Å². The highest BCUT2D eigenvalue weighted by Gasteiger charge is 2.27. The lowest BCUT2D eigenvalue weighted by Gasteiger charge is -2.37. The number of amides is 1. The average molecular weight is 320 g/mol. The van der Waals surface area contributed by atoms with Crippen molar-refractivity contribution in [3.63, 3.8) is 0 Å². The molecule has 1 aromatic heterocycles. The highest BCUT2D eigenvalue weighted by molar-refractivity contribution is 5.68. The lowest BCUT2D eigenvalue weighted by molar-refractivity contribution is 0.0240. The zero-order valence-corrected chi connectivity index (χ0v) is 14.8. The zero-order valence-electron chi connectivity index (χ0n) is 14.8. The van der Waals surface area contributed by atoms with E-state index >= 15 is 0 Å². The Morgan fingerprint density at radius 1 is 1.26 bits per heavy atom. The largest absolute Gasteiger partial charge is 0.444 e. The lowest BCUT2D eigenvalue weighted by atomic mass is 10.1. The van der Waals surface area contributed by atoms with Crippen molar-refractivity contribution in [3.05, 3.63) is 22.9 Å². The molecular formula is C17H28N4O2. The number of aryl methyl sites for hydroxylation is 2. The number of nitrogens with two attached hydrogens (primary N) is 1. The standard InChI is InChI=1S/C17H28N4O2/c1-12-10-13(2)19-15(14(12)11-18)20-6-8-21(9-7-20)16(22)23-17(3,4)5/h10H,6-9,11,18H2,1-5H3. The summed E-state index contributed by atoms with van der Waals surface area (Å²) in [5.74, 6) is 0.953. The molecule has 2 rings (SSSR count). The summed E-state index contributed by atoms with van der Waals surface area (Å²) in [5.41, 5.74) is 8.69. The van der Waals surface area contributed by atoms with Crippen molar-refractivity contribution in [2.24, 2.45) is 5.73 Å². The predicted octanol–water partition coefficient (Wildman–Crippen LogP) is 2.21. The Labute approximate surface area is 138 Å². The fraction of sp³-hybridized carbons (Fsp3) is 0.647. The van der Waals surface area contributed by atoms with E-state index in [2.05, 4.69) is 22.9 Å². The van der Waals surface area contributed by atoms with Gasteiger partial charge in [0.05, 0.1) is 0 Å². The third-order valence-electron chi connectivity index (χ3n) is 3.89. The first kappa shape index (κ1) is 17.5. The topological polar surface area (TPSA) is 71.7 Å². The van der Waals surface area contributed by atoms with Gasteiger partial charge in [-0.1, -0.05) is 0 Å². The summed E-state index contributed by atoms with van der Waals surface area (Å²) < 4.78 is 5.43.